The van der Waals surface area contributed by atoms with E-state index in [-0.39, 0.29) is 101 Å². The van der Waals surface area contributed by atoms with Gasteiger partial charge in [-0.1, -0.05) is 0 Å². The summed E-state index contributed by atoms with van der Waals surface area (Å²) in [5.41, 5.74) is 0. The van der Waals surface area contributed by atoms with E-state index >= 15 is 0 Å². The van der Waals surface area contributed by atoms with Crippen LogP contribution in [0.3, 0.4) is 0 Å². The molecule has 0 aromatic heterocycles. The van der Waals surface area contributed by atoms with Crippen LogP contribution in [0.1, 0.15) is 0 Å². The van der Waals surface area contributed by atoms with E-state index in [0.29, 0.717) is 0 Å². The smallest absolute Gasteiger partial charge is 0 e. The van der Waals surface area contributed by atoms with Gasteiger partial charge in [-0.05, 0) is 0 Å². The van der Waals surface area contributed by atoms with Crippen LogP contribution < -0.4 is 0 Å². The van der Waals surface area contributed by atoms with Crippen LogP contribution in [0.2, 0.25) is 0 Å². The first-order valence-corrected chi connectivity index (χ1v) is 0. The van der Waals surface area contributed by atoms with E-state index in [4.69, 9.17) is 0 Å². The molecular weight excluding hydrogens is 293 g/mol. The molecule has 0 saturated carbocycles. The third-order valence-corrected chi connectivity index (χ3v) is 0. The molecule has 0 atom stereocenters. The first-order chi connectivity index (χ1) is 0. The summed E-state index contributed by atoms with van der Waals surface area (Å²) in [4.78, 5) is 0. The number of hydrogen-bond acceptors (Lipinski definition) is 0. The predicted octanol–water partition coefficient (Wildman–Crippen LogP) is -0.767. The van der Waals surface area contributed by atoms with E-state index < -0.39 is 0 Å². The molecule has 7 radical (unpaired) electrons. The molecule has 0 aliphatic rings. The SMILES string of the molecule is [Al].[B].[Fe].[Mn].[Nd]. The van der Waals surface area contributed by atoms with Gasteiger partial charge in [-0.3, -0.25) is 0 Å². The molecule has 0 aromatic carbocycles. The molecule has 0 fully saturated rings. The van der Waals surface area contributed by atoms with Gasteiger partial charge in [-0.2, -0.15) is 0 Å². The van der Waals surface area contributed by atoms with Crippen LogP contribution in [0, 0.1) is 40.8 Å². The standard InChI is InChI=1S/Al.B.Fe.Mn.Nd. The third-order valence-electron chi connectivity index (χ3n) is 0. The Morgan fingerprint density at radius 2 is 1.00 bits per heavy atom. The number of rotatable bonds is 0. The first-order valence-electron chi connectivity index (χ1n) is 0. The Bertz CT molecular complexity index is 11.6. The quantitative estimate of drug-likeness (QED) is 0.515. The summed E-state index contributed by atoms with van der Waals surface area (Å²) in [7, 11) is 0. The van der Waals surface area contributed by atoms with Crippen LogP contribution >= 0.6 is 0 Å². The zero-order valence-corrected chi connectivity index (χ0v) is 9.03. The molecule has 0 spiro atoms. The topological polar surface area (TPSA) is 0 Å². The molecule has 0 aromatic rings. The molecule has 0 amide bonds. The van der Waals surface area contributed by atoms with E-state index in [0.717, 1.165) is 0 Å². The monoisotopic (exact) mass is 291 g/mol. The van der Waals surface area contributed by atoms with Crippen molar-refractivity contribution >= 4 is 25.8 Å². The Hall–Kier alpha value is 2.99. The second-order valence-electron chi connectivity index (χ2n) is 0. The Kier molecular flexibility index (Phi) is 245. The second-order valence-corrected chi connectivity index (χ2v) is 0. The van der Waals surface area contributed by atoms with Gasteiger partial charge in [0.1, 0.15) is 0 Å². The molecule has 5 heteroatoms. The molecule has 0 N–H and O–H groups in total. The molecule has 0 rings (SSSR count). The van der Waals surface area contributed by atoms with Crippen LogP contribution in [0.25, 0.3) is 0 Å². The Morgan fingerprint density at radius 3 is 1.00 bits per heavy atom. The zero-order chi connectivity index (χ0) is 0. The van der Waals surface area contributed by atoms with E-state index in [1.807, 2.05) is 0 Å². The van der Waals surface area contributed by atoms with Gasteiger partial charge in [0.2, 0.25) is 0 Å². The van der Waals surface area contributed by atoms with Crippen LogP contribution in [-0.2, 0) is 34.1 Å². The minimum Gasteiger partial charge on any atom is 0 e. The van der Waals surface area contributed by atoms with Crippen LogP contribution in [0.5, 0.6) is 0 Å². The molecule has 0 bridgehead atoms. The van der Waals surface area contributed by atoms with Crippen molar-refractivity contribution in [3.63, 3.8) is 0 Å². The second kappa shape index (κ2) is 28.1. The van der Waals surface area contributed by atoms with E-state index in [1.54, 1.807) is 0 Å². The Morgan fingerprint density at radius 1 is 1.00 bits per heavy atom. The van der Waals surface area contributed by atoms with Gasteiger partial charge in [0.25, 0.3) is 0 Å². The molecular formula is AlBFeMnNd. The van der Waals surface area contributed by atoms with Gasteiger partial charge < -0.3 is 0 Å². The molecule has 0 nitrogen and oxygen atoms in total. The van der Waals surface area contributed by atoms with Crippen molar-refractivity contribution < 1.29 is 75.0 Å². The molecule has 25 valence electrons. The predicted molar refractivity (Wildman–Crippen MR) is 11.5 cm³/mol. The van der Waals surface area contributed by atoms with E-state index in [9.17, 15) is 0 Å². The van der Waals surface area contributed by atoms with Gasteiger partial charge in [-0.15, -0.1) is 0 Å². The fourth-order valence-electron chi connectivity index (χ4n) is 0. The summed E-state index contributed by atoms with van der Waals surface area (Å²) in [6.07, 6.45) is 0. The average Bonchev–Trinajstić information content (AvgIpc) is 0. The normalized spacial score (nSPS) is 0. The molecule has 0 aliphatic carbocycles. The summed E-state index contributed by atoms with van der Waals surface area (Å²) in [5.74, 6) is 0. The van der Waals surface area contributed by atoms with Crippen LogP contribution in [0.15, 0.2) is 0 Å². The Balaban J connectivity index is 0. The van der Waals surface area contributed by atoms with Gasteiger partial charge >= 0.3 is 0 Å². The number of hydrogen-bond donors (Lipinski definition) is 0. The van der Waals surface area contributed by atoms with Crippen molar-refractivity contribution in [2.45, 2.75) is 0 Å². The zero-order valence-electron chi connectivity index (χ0n) is 2.39. The van der Waals surface area contributed by atoms with E-state index in [2.05, 4.69) is 0 Å². The average molecular weight is 293 g/mol. The Labute approximate surface area is 98.8 Å². The van der Waals surface area contributed by atoms with Crippen molar-refractivity contribution in [3.8, 4) is 0 Å². The van der Waals surface area contributed by atoms with Gasteiger partial charge in [-0.25, -0.2) is 0 Å². The molecule has 0 unspecified atom stereocenters. The van der Waals surface area contributed by atoms with Gasteiger partial charge in [0.15, 0.2) is 0 Å². The summed E-state index contributed by atoms with van der Waals surface area (Å²) in [6.45, 7) is 0. The van der Waals surface area contributed by atoms with Crippen molar-refractivity contribution in [3.05, 3.63) is 0 Å². The first kappa shape index (κ1) is 43.7. The van der Waals surface area contributed by atoms with Crippen molar-refractivity contribution in [2.24, 2.45) is 0 Å². The summed E-state index contributed by atoms with van der Waals surface area (Å²) in [6, 6.07) is 0. The summed E-state index contributed by atoms with van der Waals surface area (Å²) < 4.78 is 0. The van der Waals surface area contributed by atoms with Gasteiger partial charge in [0, 0.05) is 101 Å². The minimum atomic E-state index is 0. The van der Waals surface area contributed by atoms with Crippen molar-refractivity contribution in [1.82, 2.24) is 0 Å². The molecule has 0 aliphatic heterocycles. The molecule has 5 heavy (non-hydrogen) atoms. The van der Waals surface area contributed by atoms with Crippen molar-refractivity contribution in [1.29, 1.82) is 0 Å². The maximum absolute atomic E-state index is 0. The third kappa shape index (κ3) is 19.5. The minimum absolute atomic E-state index is 0. The van der Waals surface area contributed by atoms with Crippen LogP contribution in [-0.4, -0.2) is 25.8 Å². The maximum Gasteiger partial charge on any atom is 0 e. The van der Waals surface area contributed by atoms with Crippen LogP contribution in [0.4, 0.5) is 0 Å². The molecule has 0 heterocycles. The van der Waals surface area contributed by atoms with Crippen molar-refractivity contribution in [2.75, 3.05) is 0 Å². The maximum atomic E-state index is 0. The summed E-state index contributed by atoms with van der Waals surface area (Å²) >= 11 is 0. The fraction of sp³-hybridized carbons (Fsp3) is 0. The largest absolute Gasteiger partial charge is 0 e. The molecule has 0 saturated heterocycles. The van der Waals surface area contributed by atoms with E-state index in [1.165, 1.54) is 0 Å². The fourth-order valence-corrected chi connectivity index (χ4v) is 0. The summed E-state index contributed by atoms with van der Waals surface area (Å²) in [5, 5.41) is 0. The van der Waals surface area contributed by atoms with Gasteiger partial charge in [0.05, 0.1) is 0 Å².